The molecule has 2 rings (SSSR count). The van der Waals surface area contributed by atoms with Gasteiger partial charge in [-0.25, -0.2) is 4.79 Å². The number of carbonyl (C=O) groups excluding carboxylic acids is 3. The van der Waals surface area contributed by atoms with Gasteiger partial charge in [0.25, 0.3) is 5.91 Å². The molecule has 0 heterocycles. The monoisotopic (exact) mass is 404 g/mol. The highest BCUT2D eigenvalue weighted by molar-refractivity contribution is 8.00. The third kappa shape index (κ3) is 5.65. The van der Waals surface area contributed by atoms with Gasteiger partial charge in [-0.1, -0.05) is 18.2 Å². The zero-order chi connectivity index (χ0) is 20.5. The molecule has 0 aliphatic heterocycles. The molecule has 0 unspecified atom stereocenters. The Bertz CT molecular complexity index is 871. The van der Waals surface area contributed by atoms with Gasteiger partial charge in [-0.2, -0.15) is 0 Å². The maximum Gasteiger partial charge on any atom is 0.342 e. The molecule has 2 aromatic rings. The Morgan fingerprint density at radius 3 is 2.46 bits per heavy atom. The molecule has 8 nitrogen and oxygen atoms in total. The van der Waals surface area contributed by atoms with Crippen molar-refractivity contribution in [3.63, 3.8) is 0 Å². The highest BCUT2D eigenvalue weighted by Gasteiger charge is 2.19. The zero-order valence-electron chi connectivity index (χ0n) is 15.4. The normalized spacial score (nSPS) is 10.1. The van der Waals surface area contributed by atoms with Crippen molar-refractivity contribution in [2.45, 2.75) is 4.90 Å². The number of ether oxygens (including phenoxy) is 3. The molecule has 0 spiro atoms. The summed E-state index contributed by atoms with van der Waals surface area (Å²) in [6, 6.07) is 11.7. The highest BCUT2D eigenvalue weighted by atomic mass is 32.2. The number of amides is 2. The summed E-state index contributed by atoms with van der Waals surface area (Å²) in [5.74, 6) is -1.03. The minimum atomic E-state index is -0.720. The average molecular weight is 404 g/mol. The molecular weight excluding hydrogens is 384 g/mol. The number of esters is 1. The van der Waals surface area contributed by atoms with Gasteiger partial charge in [0.2, 0.25) is 5.91 Å². The van der Waals surface area contributed by atoms with Crippen LogP contribution in [0, 0.1) is 0 Å². The molecule has 3 N–H and O–H groups in total. The van der Waals surface area contributed by atoms with E-state index in [0.29, 0.717) is 16.3 Å². The molecule has 0 aromatic heterocycles. The Balaban J connectivity index is 2.00. The van der Waals surface area contributed by atoms with Gasteiger partial charge in [0, 0.05) is 4.90 Å². The van der Waals surface area contributed by atoms with Crippen LogP contribution in [0.5, 0.6) is 11.5 Å². The number of primary amides is 1. The fraction of sp³-hybridized carbons (Fsp3) is 0.211. The number of rotatable bonds is 9. The van der Waals surface area contributed by atoms with Crippen molar-refractivity contribution in [2.75, 3.05) is 31.9 Å². The van der Waals surface area contributed by atoms with E-state index in [0.717, 1.165) is 0 Å². The van der Waals surface area contributed by atoms with E-state index < -0.39 is 24.4 Å². The summed E-state index contributed by atoms with van der Waals surface area (Å²) in [6.45, 7) is -0.492. The van der Waals surface area contributed by atoms with E-state index in [1.54, 1.807) is 36.4 Å². The minimum Gasteiger partial charge on any atom is -0.493 e. The van der Waals surface area contributed by atoms with Crippen molar-refractivity contribution in [3.05, 3.63) is 48.0 Å². The van der Waals surface area contributed by atoms with Crippen molar-refractivity contribution in [1.82, 2.24) is 0 Å². The molecule has 0 aliphatic carbocycles. The SMILES string of the molecule is COc1cccc(C(=O)OCC(=O)Nc2ccccc2SCC(N)=O)c1OC. The summed E-state index contributed by atoms with van der Waals surface area (Å²) < 4.78 is 15.4. The number of para-hydroxylation sites is 2. The van der Waals surface area contributed by atoms with Gasteiger partial charge in [0.15, 0.2) is 18.1 Å². The number of nitrogens with two attached hydrogens (primary N) is 1. The predicted molar refractivity (Wildman–Crippen MR) is 105 cm³/mol. The number of benzene rings is 2. The number of anilines is 1. The summed E-state index contributed by atoms with van der Waals surface area (Å²) in [5, 5.41) is 2.65. The molecule has 0 aliphatic rings. The standard InChI is InChI=1S/C19H20N2O6S/c1-25-14-8-5-6-12(18(14)26-2)19(24)27-10-17(23)21-13-7-3-4-9-15(13)28-11-16(20)22/h3-9H,10-11H2,1-2H3,(H2,20,22)(H,21,23). The summed E-state index contributed by atoms with van der Waals surface area (Å²) in [4.78, 5) is 36.1. The van der Waals surface area contributed by atoms with Crippen LogP contribution < -0.4 is 20.5 Å². The third-order valence-electron chi connectivity index (χ3n) is 3.49. The number of thioether (sulfide) groups is 1. The minimum absolute atomic E-state index is 0.0809. The molecule has 2 aromatic carbocycles. The van der Waals surface area contributed by atoms with Crippen molar-refractivity contribution in [2.24, 2.45) is 5.73 Å². The maximum absolute atomic E-state index is 12.3. The molecule has 2 amide bonds. The van der Waals surface area contributed by atoms with Crippen LogP contribution in [-0.2, 0) is 14.3 Å². The van der Waals surface area contributed by atoms with Crippen LogP contribution in [0.1, 0.15) is 10.4 Å². The van der Waals surface area contributed by atoms with Gasteiger partial charge >= 0.3 is 5.97 Å². The topological polar surface area (TPSA) is 117 Å². The first-order chi connectivity index (χ1) is 13.5. The van der Waals surface area contributed by atoms with Gasteiger partial charge in [0.1, 0.15) is 5.56 Å². The summed E-state index contributed by atoms with van der Waals surface area (Å²) in [6.07, 6.45) is 0. The zero-order valence-corrected chi connectivity index (χ0v) is 16.2. The van der Waals surface area contributed by atoms with Crippen LogP contribution in [0.2, 0.25) is 0 Å². The maximum atomic E-state index is 12.3. The third-order valence-corrected chi connectivity index (χ3v) is 4.58. The Morgan fingerprint density at radius 1 is 1.04 bits per heavy atom. The Labute approximate surface area is 166 Å². The predicted octanol–water partition coefficient (Wildman–Crippen LogP) is 2.08. The largest absolute Gasteiger partial charge is 0.493 e. The van der Waals surface area contributed by atoms with Gasteiger partial charge in [-0.05, 0) is 24.3 Å². The number of hydrogen-bond donors (Lipinski definition) is 2. The fourth-order valence-corrected chi connectivity index (χ4v) is 3.03. The van der Waals surface area contributed by atoms with E-state index in [1.165, 1.54) is 32.0 Å². The smallest absolute Gasteiger partial charge is 0.342 e. The highest BCUT2D eigenvalue weighted by Crippen LogP contribution is 2.31. The molecule has 0 radical (unpaired) electrons. The van der Waals surface area contributed by atoms with Crippen LogP contribution in [0.3, 0.4) is 0 Å². The molecule has 0 atom stereocenters. The van der Waals surface area contributed by atoms with Gasteiger partial charge in [-0.3, -0.25) is 9.59 Å². The second kappa shape index (κ2) is 10.2. The van der Waals surface area contributed by atoms with Crippen LogP contribution in [0.4, 0.5) is 5.69 Å². The molecule has 0 fully saturated rings. The molecule has 0 bridgehead atoms. The lowest BCUT2D eigenvalue weighted by atomic mass is 10.2. The second-order valence-electron chi connectivity index (χ2n) is 5.42. The van der Waals surface area contributed by atoms with Gasteiger partial charge in [-0.15, -0.1) is 11.8 Å². The lowest BCUT2D eigenvalue weighted by molar-refractivity contribution is -0.119. The Kier molecular flexibility index (Phi) is 7.70. The molecule has 0 saturated heterocycles. The number of carbonyl (C=O) groups is 3. The van der Waals surface area contributed by atoms with E-state index in [1.807, 2.05) is 0 Å². The fourth-order valence-electron chi connectivity index (χ4n) is 2.29. The van der Waals surface area contributed by atoms with Crippen LogP contribution in [0.15, 0.2) is 47.4 Å². The lowest BCUT2D eigenvalue weighted by Gasteiger charge is -2.13. The van der Waals surface area contributed by atoms with E-state index in [9.17, 15) is 14.4 Å². The van der Waals surface area contributed by atoms with Crippen molar-refractivity contribution in [1.29, 1.82) is 0 Å². The first-order valence-corrected chi connectivity index (χ1v) is 9.13. The first-order valence-electron chi connectivity index (χ1n) is 8.14. The van der Waals surface area contributed by atoms with Crippen LogP contribution >= 0.6 is 11.8 Å². The second-order valence-corrected chi connectivity index (χ2v) is 6.43. The summed E-state index contributed by atoms with van der Waals surface area (Å²) >= 11 is 1.20. The molecule has 148 valence electrons. The quantitative estimate of drug-likeness (QED) is 0.485. The van der Waals surface area contributed by atoms with Gasteiger partial charge in [0.05, 0.1) is 25.7 Å². The molecule has 9 heteroatoms. The van der Waals surface area contributed by atoms with Crippen LogP contribution in [-0.4, -0.2) is 44.4 Å². The van der Waals surface area contributed by atoms with E-state index in [4.69, 9.17) is 19.9 Å². The average Bonchev–Trinajstić information content (AvgIpc) is 2.70. The van der Waals surface area contributed by atoms with Crippen molar-refractivity contribution in [3.8, 4) is 11.5 Å². The van der Waals surface area contributed by atoms with E-state index in [-0.39, 0.29) is 17.1 Å². The van der Waals surface area contributed by atoms with E-state index in [2.05, 4.69) is 5.32 Å². The Morgan fingerprint density at radius 2 is 1.79 bits per heavy atom. The Hall–Kier alpha value is -3.20. The summed E-state index contributed by atoms with van der Waals surface area (Å²) in [5.41, 5.74) is 5.79. The molecular formula is C19H20N2O6S. The number of hydrogen-bond acceptors (Lipinski definition) is 7. The summed E-state index contributed by atoms with van der Waals surface area (Å²) in [7, 11) is 2.86. The first kappa shape index (κ1) is 21.1. The molecule has 0 saturated carbocycles. The lowest BCUT2D eigenvalue weighted by Crippen LogP contribution is -2.21. The number of methoxy groups -OCH3 is 2. The van der Waals surface area contributed by atoms with Gasteiger partial charge < -0.3 is 25.3 Å². The number of nitrogens with one attached hydrogen (secondary N) is 1. The van der Waals surface area contributed by atoms with Crippen LogP contribution in [0.25, 0.3) is 0 Å². The van der Waals surface area contributed by atoms with E-state index >= 15 is 0 Å². The van der Waals surface area contributed by atoms with Crippen molar-refractivity contribution >= 4 is 35.2 Å². The molecule has 28 heavy (non-hydrogen) atoms. The van der Waals surface area contributed by atoms with Crippen molar-refractivity contribution < 1.29 is 28.6 Å².